The van der Waals surface area contributed by atoms with Crippen LogP contribution >= 0.6 is 0 Å². The number of nitrogens with two attached hydrogens (primary N) is 1. The number of urea groups is 1. The lowest BCUT2D eigenvalue weighted by molar-refractivity contribution is -0.142. The Morgan fingerprint density at radius 1 is 1.29 bits per heavy atom. The number of aliphatic carboxylic acids is 1. The van der Waals surface area contributed by atoms with Gasteiger partial charge in [-0.2, -0.15) is 0 Å². The first-order valence-electron chi connectivity index (χ1n) is 4.88. The number of carboxylic acids is 1. The summed E-state index contributed by atoms with van der Waals surface area (Å²) in [5.41, 5.74) is 5.14. The average Bonchev–Trinajstić information content (AvgIpc) is 2.01. The predicted octanol–water partition coefficient (Wildman–Crippen LogP) is 0.642. The van der Waals surface area contributed by atoms with Crippen molar-refractivity contribution in [1.29, 1.82) is 0 Å². The van der Waals surface area contributed by atoms with E-state index in [0.29, 0.717) is 13.0 Å². The Kier molecular flexibility index (Phi) is 3.73. The van der Waals surface area contributed by atoms with Crippen molar-refractivity contribution in [3.8, 4) is 0 Å². The summed E-state index contributed by atoms with van der Waals surface area (Å²) in [5.74, 6) is -1.29. The van der Waals surface area contributed by atoms with E-state index in [4.69, 9.17) is 10.8 Å². The van der Waals surface area contributed by atoms with Gasteiger partial charge in [0.25, 0.3) is 0 Å². The third kappa shape index (κ3) is 2.90. The summed E-state index contributed by atoms with van der Waals surface area (Å²) in [6, 6.07) is -0.516. The fraction of sp³-hybridized carbons (Fsp3) is 0.778. The zero-order valence-electron chi connectivity index (χ0n) is 8.11. The monoisotopic (exact) mass is 200 g/mol. The first kappa shape index (κ1) is 10.8. The number of carbonyl (C=O) groups is 2. The molecular formula is C9H16N2O3. The summed E-state index contributed by atoms with van der Waals surface area (Å²) >= 11 is 0. The second-order valence-electron chi connectivity index (χ2n) is 3.67. The molecule has 2 amide bonds. The molecule has 1 aliphatic rings. The summed E-state index contributed by atoms with van der Waals surface area (Å²) in [6.07, 6.45) is 3.44. The summed E-state index contributed by atoms with van der Waals surface area (Å²) < 4.78 is 0. The van der Waals surface area contributed by atoms with Gasteiger partial charge < -0.3 is 15.7 Å². The molecule has 0 spiro atoms. The van der Waals surface area contributed by atoms with E-state index in [0.717, 1.165) is 19.3 Å². The number of hydrogen-bond acceptors (Lipinski definition) is 2. The molecule has 0 aromatic rings. The van der Waals surface area contributed by atoms with E-state index in [-0.39, 0.29) is 6.54 Å². The van der Waals surface area contributed by atoms with Crippen LogP contribution in [0.3, 0.4) is 0 Å². The number of hydrogen-bond donors (Lipinski definition) is 2. The predicted molar refractivity (Wildman–Crippen MR) is 50.8 cm³/mol. The van der Waals surface area contributed by atoms with Crippen molar-refractivity contribution in [2.24, 2.45) is 11.7 Å². The minimum absolute atomic E-state index is 0.255. The van der Waals surface area contributed by atoms with Gasteiger partial charge in [0.05, 0.1) is 5.92 Å². The molecule has 1 aliphatic heterocycles. The Labute approximate surface area is 82.9 Å². The highest BCUT2D eigenvalue weighted by atomic mass is 16.4. The zero-order valence-corrected chi connectivity index (χ0v) is 8.11. The number of rotatable bonds is 1. The Balaban J connectivity index is 2.59. The van der Waals surface area contributed by atoms with Crippen LogP contribution in [0.5, 0.6) is 0 Å². The maximum atomic E-state index is 10.9. The van der Waals surface area contributed by atoms with Crippen LogP contribution in [-0.2, 0) is 4.79 Å². The van der Waals surface area contributed by atoms with E-state index in [2.05, 4.69) is 0 Å². The summed E-state index contributed by atoms with van der Waals surface area (Å²) in [6.45, 7) is 0.837. The number of primary amides is 1. The quantitative estimate of drug-likeness (QED) is 0.651. The van der Waals surface area contributed by atoms with Crippen LogP contribution in [-0.4, -0.2) is 35.1 Å². The van der Waals surface area contributed by atoms with Crippen molar-refractivity contribution < 1.29 is 14.7 Å². The molecule has 0 saturated carbocycles. The van der Waals surface area contributed by atoms with E-state index in [9.17, 15) is 9.59 Å². The van der Waals surface area contributed by atoms with E-state index < -0.39 is 17.9 Å². The van der Waals surface area contributed by atoms with Gasteiger partial charge in [-0.15, -0.1) is 0 Å². The molecule has 0 radical (unpaired) electrons. The van der Waals surface area contributed by atoms with Crippen LogP contribution in [0.2, 0.25) is 0 Å². The smallest absolute Gasteiger partial charge is 0.314 e. The number of carbonyl (C=O) groups excluding carboxylic acids is 1. The SMILES string of the molecule is NC(=O)N1CCCCCC(C(=O)O)C1. The van der Waals surface area contributed by atoms with Gasteiger partial charge in [-0.05, 0) is 12.8 Å². The molecule has 14 heavy (non-hydrogen) atoms. The third-order valence-corrected chi connectivity index (χ3v) is 2.58. The molecule has 1 atom stereocenters. The van der Waals surface area contributed by atoms with E-state index in [1.54, 1.807) is 0 Å². The van der Waals surface area contributed by atoms with E-state index in [1.165, 1.54) is 4.90 Å². The molecule has 1 rings (SSSR count). The van der Waals surface area contributed by atoms with Gasteiger partial charge in [0, 0.05) is 13.1 Å². The number of nitrogens with zero attached hydrogens (tertiary/aromatic N) is 1. The Hall–Kier alpha value is -1.26. The van der Waals surface area contributed by atoms with Crippen molar-refractivity contribution in [3.05, 3.63) is 0 Å². The van der Waals surface area contributed by atoms with Crippen LogP contribution in [0.4, 0.5) is 4.79 Å². The molecule has 1 heterocycles. The summed E-state index contributed by atoms with van der Waals surface area (Å²) in [7, 11) is 0. The minimum Gasteiger partial charge on any atom is -0.481 e. The average molecular weight is 200 g/mol. The third-order valence-electron chi connectivity index (χ3n) is 2.58. The van der Waals surface area contributed by atoms with Crippen molar-refractivity contribution >= 4 is 12.0 Å². The van der Waals surface area contributed by atoms with Gasteiger partial charge in [0.15, 0.2) is 0 Å². The molecular weight excluding hydrogens is 184 g/mol. The van der Waals surface area contributed by atoms with Gasteiger partial charge >= 0.3 is 12.0 Å². The standard InChI is InChI=1S/C9H16N2O3/c10-9(14)11-5-3-1-2-4-7(6-11)8(12)13/h7H,1-6H2,(H2,10,14)(H,12,13). The van der Waals surface area contributed by atoms with E-state index >= 15 is 0 Å². The van der Waals surface area contributed by atoms with Crippen LogP contribution in [0.15, 0.2) is 0 Å². The second-order valence-corrected chi connectivity index (χ2v) is 3.67. The lowest BCUT2D eigenvalue weighted by Crippen LogP contribution is -2.42. The zero-order chi connectivity index (χ0) is 10.6. The molecule has 1 saturated heterocycles. The highest BCUT2D eigenvalue weighted by Gasteiger charge is 2.24. The molecule has 5 nitrogen and oxygen atoms in total. The number of carboxylic acid groups (broad SMARTS) is 1. The lowest BCUT2D eigenvalue weighted by atomic mass is 9.98. The van der Waals surface area contributed by atoms with Crippen LogP contribution in [0.1, 0.15) is 25.7 Å². The fourth-order valence-corrected chi connectivity index (χ4v) is 1.72. The molecule has 1 fully saturated rings. The molecule has 1 unspecified atom stereocenters. The Bertz CT molecular complexity index is 208. The van der Waals surface area contributed by atoms with Crippen molar-refractivity contribution in [3.63, 3.8) is 0 Å². The number of likely N-dealkylation sites (tertiary alicyclic amines) is 1. The first-order valence-corrected chi connectivity index (χ1v) is 4.88. The summed E-state index contributed by atoms with van der Waals surface area (Å²) in [5, 5.41) is 8.88. The maximum absolute atomic E-state index is 10.9. The highest BCUT2D eigenvalue weighted by Crippen LogP contribution is 2.16. The van der Waals surface area contributed by atoms with Crippen molar-refractivity contribution in [2.75, 3.05) is 13.1 Å². The molecule has 0 aromatic carbocycles. The second kappa shape index (κ2) is 4.83. The van der Waals surface area contributed by atoms with E-state index in [1.807, 2.05) is 0 Å². The normalized spacial score (nSPS) is 23.7. The Morgan fingerprint density at radius 3 is 2.57 bits per heavy atom. The van der Waals surface area contributed by atoms with Gasteiger partial charge in [0.1, 0.15) is 0 Å². The molecule has 5 heteroatoms. The largest absolute Gasteiger partial charge is 0.481 e. The molecule has 3 N–H and O–H groups in total. The first-order chi connectivity index (χ1) is 6.61. The van der Waals surface area contributed by atoms with Crippen LogP contribution in [0, 0.1) is 5.92 Å². The van der Waals surface area contributed by atoms with Gasteiger partial charge in [-0.3, -0.25) is 4.79 Å². The number of amides is 2. The Morgan fingerprint density at radius 2 is 2.00 bits per heavy atom. The molecule has 0 aromatic heterocycles. The summed E-state index contributed by atoms with van der Waals surface area (Å²) in [4.78, 5) is 23.2. The van der Waals surface area contributed by atoms with Crippen molar-refractivity contribution in [2.45, 2.75) is 25.7 Å². The molecule has 0 aliphatic carbocycles. The highest BCUT2D eigenvalue weighted by molar-refractivity contribution is 5.74. The van der Waals surface area contributed by atoms with Crippen LogP contribution in [0.25, 0.3) is 0 Å². The van der Waals surface area contributed by atoms with Crippen LogP contribution < -0.4 is 5.73 Å². The van der Waals surface area contributed by atoms with Crippen molar-refractivity contribution in [1.82, 2.24) is 4.90 Å². The lowest BCUT2D eigenvalue weighted by Gasteiger charge is -2.26. The van der Waals surface area contributed by atoms with Gasteiger partial charge in [0.2, 0.25) is 0 Å². The topological polar surface area (TPSA) is 83.6 Å². The minimum atomic E-state index is -0.835. The molecule has 80 valence electrons. The maximum Gasteiger partial charge on any atom is 0.314 e. The fourth-order valence-electron chi connectivity index (χ4n) is 1.72. The molecule has 0 bridgehead atoms. The van der Waals surface area contributed by atoms with Gasteiger partial charge in [-0.1, -0.05) is 12.8 Å². The van der Waals surface area contributed by atoms with Gasteiger partial charge in [-0.25, -0.2) is 4.79 Å².